The van der Waals surface area contributed by atoms with Gasteiger partial charge in [-0.2, -0.15) is 0 Å². The maximum atomic E-state index is 13.4. The van der Waals surface area contributed by atoms with Crippen LogP contribution in [0.1, 0.15) is 41.3 Å². The maximum Gasteiger partial charge on any atom is 0.323 e. The molecule has 3 aromatic carbocycles. The zero-order valence-electron chi connectivity index (χ0n) is 19.2. The molecule has 1 fully saturated rings. The van der Waals surface area contributed by atoms with Crippen molar-refractivity contribution < 1.29 is 14.0 Å². The molecule has 3 aromatic rings. The van der Waals surface area contributed by atoms with Crippen LogP contribution >= 0.6 is 0 Å². The molecular formula is C27H29FN4O2. The highest BCUT2D eigenvalue weighted by Crippen LogP contribution is 2.30. The lowest BCUT2D eigenvalue weighted by Crippen LogP contribution is -2.26. The summed E-state index contributed by atoms with van der Waals surface area (Å²) in [7, 11) is 0. The Morgan fingerprint density at radius 3 is 2.38 bits per heavy atom. The number of halogens is 1. The van der Waals surface area contributed by atoms with E-state index in [-0.39, 0.29) is 24.3 Å². The van der Waals surface area contributed by atoms with Gasteiger partial charge in [0.15, 0.2) is 0 Å². The van der Waals surface area contributed by atoms with E-state index in [1.54, 1.807) is 24.3 Å². The number of amides is 3. The fourth-order valence-electron chi connectivity index (χ4n) is 4.05. The van der Waals surface area contributed by atoms with Crippen LogP contribution in [0.4, 0.5) is 26.2 Å². The van der Waals surface area contributed by atoms with Gasteiger partial charge in [0, 0.05) is 30.9 Å². The highest BCUT2D eigenvalue weighted by molar-refractivity contribution is 6.04. The van der Waals surface area contributed by atoms with E-state index >= 15 is 0 Å². The molecule has 0 atom stereocenters. The van der Waals surface area contributed by atoms with Crippen LogP contribution in [0.25, 0.3) is 0 Å². The lowest BCUT2D eigenvalue weighted by Gasteiger charge is -2.22. The second-order valence-corrected chi connectivity index (χ2v) is 8.37. The molecule has 1 heterocycles. The summed E-state index contributed by atoms with van der Waals surface area (Å²) in [5, 5.41) is 8.59. The Labute approximate surface area is 199 Å². The number of anilines is 3. The van der Waals surface area contributed by atoms with Crippen molar-refractivity contribution in [3.8, 4) is 0 Å². The summed E-state index contributed by atoms with van der Waals surface area (Å²) in [6.45, 7) is 4.09. The lowest BCUT2D eigenvalue weighted by molar-refractivity contribution is 0.0951. The molecule has 0 saturated carbocycles. The number of hydrogen-bond acceptors (Lipinski definition) is 3. The molecule has 34 heavy (non-hydrogen) atoms. The molecular weight excluding hydrogens is 431 g/mol. The van der Waals surface area contributed by atoms with Crippen molar-refractivity contribution in [1.29, 1.82) is 0 Å². The van der Waals surface area contributed by atoms with Gasteiger partial charge in [0.2, 0.25) is 0 Å². The standard InChI is InChI=1S/C27H29FN4O2/c1-2-19-8-11-23(12-9-19)30-27(34)31-24-17-21(10-13-25(24)32-14-3-4-15-32)26(33)29-18-20-6-5-7-22(28)16-20/h5-13,16-17H,2-4,14-15,18H2,1H3,(H,29,33)(H2,30,31,34). The Balaban J connectivity index is 1.49. The van der Waals surface area contributed by atoms with Crippen molar-refractivity contribution in [2.45, 2.75) is 32.7 Å². The molecule has 3 amide bonds. The highest BCUT2D eigenvalue weighted by atomic mass is 19.1. The average molecular weight is 461 g/mol. The van der Waals surface area contributed by atoms with Crippen LogP contribution in [-0.4, -0.2) is 25.0 Å². The molecule has 0 bridgehead atoms. The quantitative estimate of drug-likeness (QED) is 0.432. The molecule has 1 saturated heterocycles. The first-order valence-electron chi connectivity index (χ1n) is 11.6. The van der Waals surface area contributed by atoms with Gasteiger partial charge < -0.3 is 20.9 Å². The van der Waals surface area contributed by atoms with E-state index in [1.165, 1.54) is 17.7 Å². The maximum absolute atomic E-state index is 13.4. The van der Waals surface area contributed by atoms with Gasteiger partial charge in [-0.05, 0) is 72.9 Å². The fourth-order valence-corrected chi connectivity index (χ4v) is 4.05. The molecule has 0 radical (unpaired) electrons. The van der Waals surface area contributed by atoms with Crippen LogP contribution < -0.4 is 20.9 Å². The number of carbonyl (C=O) groups is 2. The summed E-state index contributed by atoms with van der Waals surface area (Å²) in [6, 6.07) is 18.8. The molecule has 4 rings (SSSR count). The third kappa shape index (κ3) is 5.92. The van der Waals surface area contributed by atoms with Crippen molar-refractivity contribution in [1.82, 2.24) is 5.32 Å². The van der Waals surface area contributed by atoms with Gasteiger partial charge in [-0.25, -0.2) is 9.18 Å². The van der Waals surface area contributed by atoms with Crippen LogP contribution in [-0.2, 0) is 13.0 Å². The molecule has 1 aliphatic heterocycles. The Hall–Kier alpha value is -3.87. The minimum Gasteiger partial charge on any atom is -0.370 e. The van der Waals surface area contributed by atoms with Crippen LogP contribution in [0, 0.1) is 5.82 Å². The van der Waals surface area contributed by atoms with E-state index in [0.29, 0.717) is 22.5 Å². The summed E-state index contributed by atoms with van der Waals surface area (Å²) in [5.41, 5.74) is 4.44. The lowest BCUT2D eigenvalue weighted by atomic mass is 10.1. The molecule has 3 N–H and O–H groups in total. The Morgan fingerprint density at radius 2 is 1.68 bits per heavy atom. The normalized spacial score (nSPS) is 12.9. The summed E-state index contributed by atoms with van der Waals surface area (Å²) in [4.78, 5) is 27.7. The Morgan fingerprint density at radius 1 is 0.912 bits per heavy atom. The second-order valence-electron chi connectivity index (χ2n) is 8.37. The number of nitrogens with zero attached hydrogens (tertiary/aromatic N) is 1. The first-order valence-corrected chi connectivity index (χ1v) is 11.6. The number of benzene rings is 3. The minimum absolute atomic E-state index is 0.210. The largest absolute Gasteiger partial charge is 0.370 e. The van der Waals surface area contributed by atoms with Crippen molar-refractivity contribution in [3.05, 3.63) is 89.2 Å². The third-order valence-electron chi connectivity index (χ3n) is 5.92. The van der Waals surface area contributed by atoms with Gasteiger partial charge >= 0.3 is 6.03 Å². The first-order chi connectivity index (χ1) is 16.5. The molecule has 0 aromatic heterocycles. The van der Waals surface area contributed by atoms with Crippen molar-refractivity contribution >= 4 is 29.0 Å². The number of rotatable bonds is 7. The van der Waals surface area contributed by atoms with Gasteiger partial charge in [-0.1, -0.05) is 31.2 Å². The monoisotopic (exact) mass is 460 g/mol. The smallest absolute Gasteiger partial charge is 0.323 e. The van der Waals surface area contributed by atoms with Gasteiger partial charge in [0.25, 0.3) is 5.91 Å². The molecule has 1 aliphatic rings. The van der Waals surface area contributed by atoms with Crippen LogP contribution in [0.15, 0.2) is 66.7 Å². The number of hydrogen-bond donors (Lipinski definition) is 3. The number of urea groups is 1. The van der Waals surface area contributed by atoms with Gasteiger partial charge in [-0.15, -0.1) is 0 Å². The fraction of sp³-hybridized carbons (Fsp3) is 0.259. The van der Waals surface area contributed by atoms with Crippen molar-refractivity contribution in [2.75, 3.05) is 28.6 Å². The predicted molar refractivity (Wildman–Crippen MR) is 134 cm³/mol. The Bertz CT molecular complexity index is 1160. The van der Waals surface area contributed by atoms with Crippen LogP contribution in [0.5, 0.6) is 0 Å². The van der Waals surface area contributed by atoms with E-state index in [1.807, 2.05) is 30.3 Å². The summed E-state index contributed by atoms with van der Waals surface area (Å²) >= 11 is 0. The zero-order valence-corrected chi connectivity index (χ0v) is 19.2. The van der Waals surface area contributed by atoms with E-state index in [9.17, 15) is 14.0 Å². The summed E-state index contributed by atoms with van der Waals surface area (Å²) < 4.78 is 13.4. The molecule has 7 heteroatoms. The number of carbonyl (C=O) groups excluding carboxylic acids is 2. The molecule has 0 aliphatic carbocycles. The minimum atomic E-state index is -0.373. The van der Waals surface area contributed by atoms with Crippen LogP contribution in [0.2, 0.25) is 0 Å². The van der Waals surface area contributed by atoms with E-state index in [4.69, 9.17) is 0 Å². The second kappa shape index (κ2) is 10.8. The number of aryl methyl sites for hydroxylation is 1. The van der Waals surface area contributed by atoms with Gasteiger partial charge in [-0.3, -0.25) is 4.79 Å². The third-order valence-corrected chi connectivity index (χ3v) is 5.92. The Kier molecular flexibility index (Phi) is 7.42. The zero-order chi connectivity index (χ0) is 23.9. The van der Waals surface area contributed by atoms with Gasteiger partial charge in [0.1, 0.15) is 5.82 Å². The number of nitrogens with one attached hydrogen (secondary N) is 3. The molecule has 176 valence electrons. The van der Waals surface area contributed by atoms with Crippen LogP contribution in [0.3, 0.4) is 0 Å². The van der Waals surface area contributed by atoms with E-state index in [0.717, 1.165) is 38.0 Å². The highest BCUT2D eigenvalue weighted by Gasteiger charge is 2.19. The SMILES string of the molecule is CCc1ccc(NC(=O)Nc2cc(C(=O)NCc3cccc(F)c3)ccc2N2CCCC2)cc1. The van der Waals surface area contributed by atoms with Gasteiger partial charge in [0.05, 0.1) is 11.4 Å². The first kappa shape index (κ1) is 23.3. The predicted octanol–water partition coefficient (Wildman–Crippen LogP) is 5.56. The van der Waals surface area contributed by atoms with Crippen molar-refractivity contribution in [2.24, 2.45) is 0 Å². The molecule has 0 spiro atoms. The summed E-state index contributed by atoms with van der Waals surface area (Å²) in [5.74, 6) is -0.639. The average Bonchev–Trinajstić information content (AvgIpc) is 3.38. The van der Waals surface area contributed by atoms with Crippen molar-refractivity contribution in [3.63, 3.8) is 0 Å². The van der Waals surface area contributed by atoms with E-state index < -0.39 is 0 Å². The van der Waals surface area contributed by atoms with E-state index in [2.05, 4.69) is 27.8 Å². The summed E-state index contributed by atoms with van der Waals surface area (Å²) in [6.07, 6.45) is 3.11. The topological polar surface area (TPSA) is 73.5 Å². The molecule has 6 nitrogen and oxygen atoms in total. The molecule has 0 unspecified atom stereocenters.